The normalized spacial score (nSPS) is 17.0. The van der Waals surface area contributed by atoms with E-state index in [9.17, 15) is 0 Å². The summed E-state index contributed by atoms with van der Waals surface area (Å²) < 4.78 is 0. The molecular weight excluding hydrogens is 196 g/mol. The Bertz CT molecular complexity index is 247. The molecule has 0 amide bonds. The fourth-order valence-electron chi connectivity index (χ4n) is 3.78. The minimum Gasteiger partial charge on any atom is -0.0814 e. The summed E-state index contributed by atoms with van der Waals surface area (Å²) in [6.07, 6.45) is 8.37. The Hall–Kier alpha value is -0.303. The standard InChI is InChI=1S/C14H26Si/c1-11(2)15(12(3)4,13(5)6)14-9-7-8-10-14/h7,9-13H,8H2,1-6H3. The molecule has 15 heavy (non-hydrogen) atoms. The quantitative estimate of drug-likeness (QED) is 0.581. The Morgan fingerprint density at radius 2 is 1.40 bits per heavy atom. The average Bonchev–Trinajstić information content (AvgIpc) is 2.55. The van der Waals surface area contributed by atoms with E-state index in [2.05, 4.69) is 59.8 Å². The van der Waals surface area contributed by atoms with E-state index in [4.69, 9.17) is 0 Å². The van der Waals surface area contributed by atoms with Gasteiger partial charge in [0.25, 0.3) is 0 Å². The van der Waals surface area contributed by atoms with Gasteiger partial charge in [0.1, 0.15) is 0 Å². The van der Waals surface area contributed by atoms with Crippen molar-refractivity contribution in [3.05, 3.63) is 23.4 Å². The van der Waals surface area contributed by atoms with E-state index < -0.39 is 8.07 Å². The zero-order valence-electron chi connectivity index (χ0n) is 11.2. The molecule has 0 spiro atoms. The Labute approximate surface area is 96.5 Å². The van der Waals surface area contributed by atoms with Crippen molar-refractivity contribution in [3.8, 4) is 0 Å². The molecule has 0 nitrogen and oxygen atoms in total. The van der Waals surface area contributed by atoms with Crippen LogP contribution in [0, 0.1) is 0 Å². The highest BCUT2D eigenvalue weighted by Gasteiger charge is 2.45. The maximum atomic E-state index is 2.48. The van der Waals surface area contributed by atoms with Crippen LogP contribution >= 0.6 is 0 Å². The second-order valence-corrected chi connectivity index (χ2v) is 11.6. The Balaban J connectivity index is 3.19. The van der Waals surface area contributed by atoms with Crippen LogP contribution in [0.3, 0.4) is 0 Å². The first kappa shape index (κ1) is 12.8. The molecule has 86 valence electrons. The smallest absolute Gasteiger partial charge is 0.0814 e. The van der Waals surface area contributed by atoms with Gasteiger partial charge in [-0.25, -0.2) is 0 Å². The van der Waals surface area contributed by atoms with Crippen molar-refractivity contribution >= 4 is 8.07 Å². The van der Waals surface area contributed by atoms with Crippen LogP contribution in [0.4, 0.5) is 0 Å². The van der Waals surface area contributed by atoms with Gasteiger partial charge in [0.2, 0.25) is 0 Å². The van der Waals surface area contributed by atoms with Crippen LogP contribution in [0.1, 0.15) is 48.0 Å². The van der Waals surface area contributed by atoms with Crippen molar-refractivity contribution in [2.24, 2.45) is 0 Å². The summed E-state index contributed by atoms with van der Waals surface area (Å²) in [6, 6.07) is 0. The Morgan fingerprint density at radius 1 is 0.933 bits per heavy atom. The molecule has 0 bridgehead atoms. The summed E-state index contributed by atoms with van der Waals surface area (Å²) in [5.74, 6) is 0. The molecule has 0 atom stereocenters. The molecule has 0 heterocycles. The maximum Gasteiger partial charge on any atom is 0.0938 e. The molecule has 1 heteroatoms. The lowest BCUT2D eigenvalue weighted by atomic mass is 10.5. The highest BCUT2D eigenvalue weighted by atomic mass is 28.3. The molecule has 0 radical (unpaired) electrons. The fourth-order valence-corrected chi connectivity index (χ4v) is 10.7. The van der Waals surface area contributed by atoms with Crippen molar-refractivity contribution in [2.75, 3.05) is 0 Å². The molecule has 0 unspecified atom stereocenters. The number of allylic oxidation sites excluding steroid dienone is 4. The van der Waals surface area contributed by atoms with Crippen LogP contribution in [-0.2, 0) is 0 Å². The van der Waals surface area contributed by atoms with E-state index in [-0.39, 0.29) is 0 Å². The molecule has 0 aromatic rings. The summed E-state index contributed by atoms with van der Waals surface area (Å²) in [7, 11) is -1.32. The first-order chi connectivity index (χ1) is 6.94. The Morgan fingerprint density at radius 3 is 1.67 bits per heavy atom. The van der Waals surface area contributed by atoms with Crippen molar-refractivity contribution in [1.29, 1.82) is 0 Å². The van der Waals surface area contributed by atoms with E-state index in [1.54, 1.807) is 5.20 Å². The van der Waals surface area contributed by atoms with E-state index in [1.807, 2.05) is 0 Å². The van der Waals surface area contributed by atoms with Gasteiger partial charge in [0.15, 0.2) is 0 Å². The van der Waals surface area contributed by atoms with Crippen LogP contribution in [0.5, 0.6) is 0 Å². The molecule has 0 aromatic carbocycles. The molecule has 0 fully saturated rings. The minimum absolute atomic E-state index is 0.839. The Kier molecular flexibility index (Phi) is 3.99. The summed E-state index contributed by atoms with van der Waals surface area (Å²) in [5, 5.41) is 1.71. The first-order valence-electron chi connectivity index (χ1n) is 6.31. The van der Waals surface area contributed by atoms with Crippen molar-refractivity contribution in [1.82, 2.24) is 0 Å². The topological polar surface area (TPSA) is 0 Å². The van der Waals surface area contributed by atoms with Gasteiger partial charge < -0.3 is 0 Å². The zero-order valence-corrected chi connectivity index (χ0v) is 12.2. The van der Waals surface area contributed by atoms with Gasteiger partial charge in [-0.15, -0.1) is 0 Å². The van der Waals surface area contributed by atoms with Gasteiger partial charge in [0, 0.05) is 0 Å². The summed E-state index contributed by atoms with van der Waals surface area (Å²) in [6.45, 7) is 14.6. The van der Waals surface area contributed by atoms with E-state index >= 15 is 0 Å². The molecule has 1 aliphatic carbocycles. The lowest BCUT2D eigenvalue weighted by molar-refractivity contribution is 0.827. The minimum atomic E-state index is -1.32. The predicted molar refractivity (Wildman–Crippen MR) is 72.9 cm³/mol. The molecule has 0 N–H and O–H groups in total. The van der Waals surface area contributed by atoms with Crippen LogP contribution in [0.15, 0.2) is 23.4 Å². The molecule has 0 saturated carbocycles. The monoisotopic (exact) mass is 222 g/mol. The van der Waals surface area contributed by atoms with Crippen LogP contribution in [0.2, 0.25) is 16.6 Å². The first-order valence-corrected chi connectivity index (χ1v) is 8.54. The highest BCUT2D eigenvalue weighted by Crippen LogP contribution is 2.47. The average molecular weight is 222 g/mol. The van der Waals surface area contributed by atoms with E-state index in [1.165, 1.54) is 0 Å². The maximum absolute atomic E-state index is 2.48. The van der Waals surface area contributed by atoms with Crippen LogP contribution < -0.4 is 0 Å². The van der Waals surface area contributed by atoms with Gasteiger partial charge in [-0.05, 0) is 23.0 Å². The van der Waals surface area contributed by atoms with Gasteiger partial charge in [-0.2, -0.15) is 0 Å². The van der Waals surface area contributed by atoms with Gasteiger partial charge in [0.05, 0.1) is 8.07 Å². The molecule has 1 rings (SSSR count). The van der Waals surface area contributed by atoms with Gasteiger partial charge >= 0.3 is 0 Å². The van der Waals surface area contributed by atoms with E-state index in [0.29, 0.717) is 0 Å². The molecular formula is C14H26Si. The van der Waals surface area contributed by atoms with Crippen molar-refractivity contribution in [2.45, 2.75) is 64.6 Å². The zero-order chi connectivity index (χ0) is 11.6. The summed E-state index contributed by atoms with van der Waals surface area (Å²) in [5.41, 5.74) is 2.52. The van der Waals surface area contributed by atoms with Crippen LogP contribution in [0.25, 0.3) is 0 Å². The summed E-state index contributed by atoms with van der Waals surface area (Å²) in [4.78, 5) is 0. The van der Waals surface area contributed by atoms with Crippen LogP contribution in [-0.4, -0.2) is 8.07 Å². The fraction of sp³-hybridized carbons (Fsp3) is 0.714. The third-order valence-electron chi connectivity index (χ3n) is 4.14. The number of hydrogen-bond acceptors (Lipinski definition) is 0. The highest BCUT2D eigenvalue weighted by molar-refractivity contribution is 6.90. The summed E-state index contributed by atoms with van der Waals surface area (Å²) >= 11 is 0. The van der Waals surface area contributed by atoms with Crippen molar-refractivity contribution < 1.29 is 0 Å². The SMILES string of the molecule is CC(C)[Si](C1=CCC=C1)(C(C)C)C(C)C. The second kappa shape index (κ2) is 4.69. The van der Waals surface area contributed by atoms with Gasteiger partial charge in [-0.3, -0.25) is 0 Å². The van der Waals surface area contributed by atoms with E-state index in [0.717, 1.165) is 23.0 Å². The molecule has 1 aliphatic rings. The molecule has 0 saturated heterocycles. The lowest BCUT2D eigenvalue weighted by Gasteiger charge is -2.44. The molecule has 0 aliphatic heterocycles. The van der Waals surface area contributed by atoms with Gasteiger partial charge in [-0.1, -0.05) is 65.0 Å². The number of rotatable bonds is 4. The number of hydrogen-bond donors (Lipinski definition) is 0. The second-order valence-electron chi connectivity index (χ2n) is 5.69. The third kappa shape index (κ3) is 1.99. The largest absolute Gasteiger partial charge is 0.0938 e. The third-order valence-corrected chi connectivity index (χ3v) is 11.2. The lowest BCUT2D eigenvalue weighted by Crippen LogP contribution is -2.46. The molecule has 0 aromatic heterocycles. The predicted octanol–water partition coefficient (Wildman–Crippen LogP) is 5.09. The van der Waals surface area contributed by atoms with Crippen molar-refractivity contribution in [3.63, 3.8) is 0 Å².